The van der Waals surface area contributed by atoms with Crippen molar-refractivity contribution in [3.63, 3.8) is 0 Å². The van der Waals surface area contributed by atoms with Crippen LogP contribution in [0.1, 0.15) is 11.1 Å². The summed E-state index contributed by atoms with van der Waals surface area (Å²) in [4.78, 5) is 0. The van der Waals surface area contributed by atoms with Crippen LogP contribution in [0.3, 0.4) is 0 Å². The highest BCUT2D eigenvalue weighted by molar-refractivity contribution is 9.10. The smallest absolute Gasteiger partial charge is 0.152 e. The van der Waals surface area contributed by atoms with E-state index in [1.165, 1.54) is 0 Å². The number of rotatable bonds is 2. The Balaban J connectivity index is 2.28. The van der Waals surface area contributed by atoms with E-state index < -0.39 is 0 Å². The molecule has 3 heteroatoms. The molecule has 0 aliphatic carbocycles. The van der Waals surface area contributed by atoms with Gasteiger partial charge in [-0.3, -0.25) is 0 Å². The maximum absolute atomic E-state index is 10.1. The second-order valence-corrected chi connectivity index (χ2v) is 5.19. The summed E-state index contributed by atoms with van der Waals surface area (Å²) in [6.45, 7) is 0. The van der Waals surface area contributed by atoms with Crippen LogP contribution in [0.4, 0.5) is 0 Å². The summed E-state index contributed by atoms with van der Waals surface area (Å²) in [5, 5.41) is 10.1. The van der Waals surface area contributed by atoms with Crippen molar-refractivity contribution in [2.45, 2.75) is 0 Å². The van der Waals surface area contributed by atoms with Crippen molar-refractivity contribution in [3.05, 3.63) is 74.7 Å². The third-order valence-corrected chi connectivity index (χ3v) is 3.29. The summed E-state index contributed by atoms with van der Waals surface area (Å²) in [7, 11) is 0. The summed E-state index contributed by atoms with van der Waals surface area (Å²) >= 11 is 6.73. The number of hydrogen-bond donors (Lipinski definition) is 1. The van der Waals surface area contributed by atoms with E-state index in [2.05, 4.69) is 31.9 Å². The highest BCUT2D eigenvalue weighted by Crippen LogP contribution is 2.23. The van der Waals surface area contributed by atoms with Gasteiger partial charge in [0.15, 0.2) is 6.10 Å². The molecule has 2 rings (SSSR count). The third kappa shape index (κ3) is 2.73. The minimum Gasteiger partial charge on any atom is -0.377 e. The highest BCUT2D eigenvalue weighted by atomic mass is 79.9. The van der Waals surface area contributed by atoms with Crippen molar-refractivity contribution in [1.29, 1.82) is 0 Å². The van der Waals surface area contributed by atoms with E-state index in [4.69, 9.17) is 0 Å². The lowest BCUT2D eigenvalue weighted by molar-refractivity contribution is 0.356. The number of benzene rings is 2. The second kappa shape index (κ2) is 5.13. The van der Waals surface area contributed by atoms with Crippen LogP contribution in [0.5, 0.6) is 0 Å². The minimum atomic E-state index is 0.292. The second-order valence-electron chi connectivity index (χ2n) is 3.36. The predicted molar refractivity (Wildman–Crippen MR) is 71.7 cm³/mol. The first-order chi connectivity index (χ1) is 7.66. The number of halogens is 2. The van der Waals surface area contributed by atoms with Gasteiger partial charge in [0.1, 0.15) is 0 Å². The quantitative estimate of drug-likeness (QED) is 0.852. The molecule has 0 atom stereocenters. The Morgan fingerprint density at radius 2 is 1.00 bits per heavy atom. The third-order valence-electron chi connectivity index (χ3n) is 2.24. The van der Waals surface area contributed by atoms with Gasteiger partial charge in [0.05, 0.1) is 0 Å². The Hall–Kier alpha value is -0.640. The normalized spacial score (nSPS) is 10.8. The van der Waals surface area contributed by atoms with Gasteiger partial charge >= 0.3 is 0 Å². The van der Waals surface area contributed by atoms with E-state index in [0.717, 1.165) is 20.1 Å². The molecule has 0 saturated heterocycles. The summed E-state index contributed by atoms with van der Waals surface area (Å²) in [6.07, 6.45) is 0.292. The van der Waals surface area contributed by atoms with Gasteiger partial charge in [0.2, 0.25) is 0 Å². The van der Waals surface area contributed by atoms with Gasteiger partial charge in [-0.25, -0.2) is 0 Å². The molecular weight excluding hydrogens is 332 g/mol. The Kier molecular flexibility index (Phi) is 3.79. The highest BCUT2D eigenvalue weighted by Gasteiger charge is 2.11. The fraction of sp³-hybridized carbons (Fsp3) is 0. The Morgan fingerprint density at radius 3 is 1.31 bits per heavy atom. The first-order valence-electron chi connectivity index (χ1n) is 4.74. The van der Waals surface area contributed by atoms with Crippen molar-refractivity contribution < 1.29 is 5.11 Å². The zero-order chi connectivity index (χ0) is 11.5. The molecule has 0 aromatic heterocycles. The SMILES string of the molecule is O[C](c1ccc(Br)cc1)c1ccc(Br)cc1. The standard InChI is InChI=1S/C13H9Br2O/c14-11-5-1-9(2-6-11)13(16)10-3-7-12(15)8-4-10/h1-8,16H. The first-order valence-corrected chi connectivity index (χ1v) is 6.33. The zero-order valence-corrected chi connectivity index (χ0v) is 11.5. The first kappa shape index (κ1) is 11.8. The molecule has 0 fully saturated rings. The number of hydrogen-bond acceptors (Lipinski definition) is 1. The van der Waals surface area contributed by atoms with E-state index in [9.17, 15) is 5.11 Å². The molecule has 16 heavy (non-hydrogen) atoms. The molecule has 0 spiro atoms. The van der Waals surface area contributed by atoms with Crippen LogP contribution in [-0.4, -0.2) is 5.11 Å². The number of aliphatic hydroxyl groups is 1. The van der Waals surface area contributed by atoms with Crippen LogP contribution in [-0.2, 0) is 0 Å². The van der Waals surface area contributed by atoms with Crippen molar-refractivity contribution in [2.24, 2.45) is 0 Å². The van der Waals surface area contributed by atoms with Crippen molar-refractivity contribution in [3.8, 4) is 0 Å². The van der Waals surface area contributed by atoms with E-state index in [1.54, 1.807) is 0 Å². The average molecular weight is 341 g/mol. The largest absolute Gasteiger partial charge is 0.377 e. The van der Waals surface area contributed by atoms with Gasteiger partial charge in [-0.05, 0) is 35.4 Å². The Bertz CT molecular complexity index is 417. The molecule has 0 saturated carbocycles. The molecule has 0 aliphatic rings. The molecule has 0 unspecified atom stereocenters. The molecule has 2 aromatic carbocycles. The molecule has 1 N–H and O–H groups in total. The van der Waals surface area contributed by atoms with Crippen molar-refractivity contribution >= 4 is 31.9 Å². The lowest BCUT2D eigenvalue weighted by Crippen LogP contribution is -1.99. The van der Waals surface area contributed by atoms with Crippen LogP contribution in [0, 0.1) is 6.10 Å². The molecular formula is C13H9Br2O. The van der Waals surface area contributed by atoms with Gasteiger partial charge in [0, 0.05) is 8.95 Å². The number of aliphatic hydroxyl groups excluding tert-OH is 1. The van der Waals surface area contributed by atoms with Crippen molar-refractivity contribution in [1.82, 2.24) is 0 Å². The van der Waals surface area contributed by atoms with Crippen LogP contribution < -0.4 is 0 Å². The Labute approximate surface area is 111 Å². The Morgan fingerprint density at radius 1 is 0.688 bits per heavy atom. The van der Waals surface area contributed by atoms with Gasteiger partial charge < -0.3 is 5.11 Å². The molecule has 0 aliphatic heterocycles. The maximum atomic E-state index is 10.1. The van der Waals surface area contributed by atoms with Crippen molar-refractivity contribution in [2.75, 3.05) is 0 Å². The molecule has 0 bridgehead atoms. The van der Waals surface area contributed by atoms with E-state index in [0.29, 0.717) is 6.10 Å². The molecule has 0 amide bonds. The predicted octanol–water partition coefficient (Wildman–Crippen LogP) is 4.51. The molecule has 0 heterocycles. The fourth-order valence-corrected chi connectivity index (χ4v) is 1.91. The van der Waals surface area contributed by atoms with Gasteiger partial charge in [0.25, 0.3) is 0 Å². The van der Waals surface area contributed by atoms with Crippen LogP contribution in [0.15, 0.2) is 57.5 Å². The van der Waals surface area contributed by atoms with E-state index in [1.807, 2.05) is 48.5 Å². The fourth-order valence-electron chi connectivity index (χ4n) is 1.38. The van der Waals surface area contributed by atoms with Crippen LogP contribution >= 0.6 is 31.9 Å². The topological polar surface area (TPSA) is 20.2 Å². The summed E-state index contributed by atoms with van der Waals surface area (Å²) in [5.41, 5.74) is 1.62. The monoisotopic (exact) mass is 339 g/mol. The molecule has 1 radical (unpaired) electrons. The summed E-state index contributed by atoms with van der Waals surface area (Å²) in [6, 6.07) is 15.1. The molecule has 2 aromatic rings. The minimum absolute atomic E-state index is 0.292. The van der Waals surface area contributed by atoms with E-state index >= 15 is 0 Å². The van der Waals surface area contributed by atoms with Gasteiger partial charge in [-0.1, -0.05) is 56.1 Å². The lowest BCUT2D eigenvalue weighted by atomic mass is 10.0. The molecule has 1 nitrogen and oxygen atoms in total. The van der Waals surface area contributed by atoms with Crippen LogP contribution in [0.2, 0.25) is 0 Å². The average Bonchev–Trinajstić information content (AvgIpc) is 2.30. The maximum Gasteiger partial charge on any atom is 0.152 e. The van der Waals surface area contributed by atoms with Gasteiger partial charge in [-0.2, -0.15) is 0 Å². The van der Waals surface area contributed by atoms with Gasteiger partial charge in [-0.15, -0.1) is 0 Å². The summed E-state index contributed by atoms with van der Waals surface area (Å²) < 4.78 is 2.00. The van der Waals surface area contributed by atoms with Crippen LogP contribution in [0.25, 0.3) is 0 Å². The lowest BCUT2D eigenvalue weighted by Gasteiger charge is -2.10. The zero-order valence-electron chi connectivity index (χ0n) is 8.32. The molecule has 81 valence electrons. The summed E-state index contributed by atoms with van der Waals surface area (Å²) in [5.74, 6) is 0. The van der Waals surface area contributed by atoms with E-state index in [-0.39, 0.29) is 0 Å².